The molecule has 7 heteroatoms. The summed E-state index contributed by atoms with van der Waals surface area (Å²) in [6, 6.07) is 1.77. The number of fused-ring (bicyclic) bond motifs is 1. The SMILES string of the molecule is CC(C)c1nc2c(n1C)CCN(c1ncc(C(=O)N3CCCCC3)cc1Cl)C2. The van der Waals surface area contributed by atoms with Gasteiger partial charge in [-0.05, 0) is 25.3 Å². The van der Waals surface area contributed by atoms with Gasteiger partial charge in [0.25, 0.3) is 5.91 Å². The van der Waals surface area contributed by atoms with Crippen molar-refractivity contribution in [1.29, 1.82) is 0 Å². The van der Waals surface area contributed by atoms with Crippen molar-refractivity contribution in [1.82, 2.24) is 19.4 Å². The summed E-state index contributed by atoms with van der Waals surface area (Å²) in [6.07, 6.45) is 5.93. The first kappa shape index (κ1) is 19.2. The molecule has 4 heterocycles. The highest BCUT2D eigenvalue weighted by Gasteiger charge is 2.26. The largest absolute Gasteiger partial charge is 0.349 e. The summed E-state index contributed by atoms with van der Waals surface area (Å²) < 4.78 is 2.23. The molecular formula is C21H28ClN5O. The van der Waals surface area contributed by atoms with Gasteiger partial charge in [0.05, 0.1) is 22.8 Å². The Morgan fingerprint density at radius 2 is 1.93 bits per heavy atom. The molecule has 0 N–H and O–H groups in total. The second kappa shape index (κ2) is 7.74. The van der Waals surface area contributed by atoms with Crippen LogP contribution in [0.25, 0.3) is 0 Å². The topological polar surface area (TPSA) is 54.3 Å². The number of amides is 1. The molecule has 0 bridgehead atoms. The van der Waals surface area contributed by atoms with Crippen LogP contribution in [-0.4, -0.2) is 45.0 Å². The van der Waals surface area contributed by atoms with Crippen molar-refractivity contribution < 1.29 is 4.79 Å². The van der Waals surface area contributed by atoms with E-state index in [0.29, 0.717) is 23.0 Å². The third-order valence-electron chi connectivity index (χ3n) is 5.82. The second-order valence-corrected chi connectivity index (χ2v) is 8.54. The van der Waals surface area contributed by atoms with Crippen LogP contribution in [-0.2, 0) is 20.0 Å². The Balaban J connectivity index is 1.54. The van der Waals surface area contributed by atoms with Crippen molar-refractivity contribution in [3.63, 3.8) is 0 Å². The summed E-state index contributed by atoms with van der Waals surface area (Å²) in [7, 11) is 2.10. The quantitative estimate of drug-likeness (QED) is 0.785. The van der Waals surface area contributed by atoms with Gasteiger partial charge in [-0.2, -0.15) is 0 Å². The normalized spacial score (nSPS) is 17.2. The highest BCUT2D eigenvalue weighted by Crippen LogP contribution is 2.30. The maximum Gasteiger partial charge on any atom is 0.255 e. The standard InChI is InChI=1S/C21H28ClN5O/c1-14(2)19-24-17-13-27(10-7-18(17)25(19)3)20-16(22)11-15(12-23-20)21(28)26-8-5-4-6-9-26/h11-12,14H,4-10,13H2,1-3H3. The van der Waals surface area contributed by atoms with E-state index in [1.54, 1.807) is 12.3 Å². The first-order chi connectivity index (χ1) is 13.5. The summed E-state index contributed by atoms with van der Waals surface area (Å²) in [6.45, 7) is 7.53. The summed E-state index contributed by atoms with van der Waals surface area (Å²) in [5.41, 5.74) is 2.98. The van der Waals surface area contributed by atoms with Gasteiger partial charge in [-0.1, -0.05) is 25.4 Å². The molecule has 6 nitrogen and oxygen atoms in total. The van der Waals surface area contributed by atoms with E-state index in [0.717, 1.165) is 56.2 Å². The lowest BCUT2D eigenvalue weighted by Gasteiger charge is -2.29. The number of carbonyl (C=O) groups excluding carboxylic acids is 1. The van der Waals surface area contributed by atoms with Gasteiger partial charge in [-0.25, -0.2) is 9.97 Å². The summed E-state index contributed by atoms with van der Waals surface area (Å²) in [5.74, 6) is 2.28. The molecule has 4 rings (SSSR count). The molecule has 0 spiro atoms. The number of nitrogens with zero attached hydrogens (tertiary/aromatic N) is 5. The highest BCUT2D eigenvalue weighted by atomic mass is 35.5. The lowest BCUT2D eigenvalue weighted by atomic mass is 10.1. The first-order valence-electron chi connectivity index (χ1n) is 10.2. The Kier molecular flexibility index (Phi) is 5.32. The van der Waals surface area contributed by atoms with Crippen LogP contribution in [0.1, 0.15) is 66.6 Å². The second-order valence-electron chi connectivity index (χ2n) is 8.13. The van der Waals surface area contributed by atoms with Crippen molar-refractivity contribution in [3.8, 4) is 0 Å². The molecule has 2 aliphatic rings. The monoisotopic (exact) mass is 401 g/mol. The number of hydrogen-bond acceptors (Lipinski definition) is 4. The average molecular weight is 402 g/mol. The van der Waals surface area contributed by atoms with Crippen LogP contribution in [0, 0.1) is 0 Å². The summed E-state index contributed by atoms with van der Waals surface area (Å²) >= 11 is 6.56. The molecule has 150 valence electrons. The molecule has 0 radical (unpaired) electrons. The van der Waals surface area contributed by atoms with Crippen LogP contribution >= 0.6 is 11.6 Å². The zero-order chi connectivity index (χ0) is 19.8. The van der Waals surface area contributed by atoms with E-state index in [9.17, 15) is 4.79 Å². The number of hydrogen-bond donors (Lipinski definition) is 0. The fourth-order valence-corrected chi connectivity index (χ4v) is 4.59. The molecule has 0 atom stereocenters. The predicted octanol–water partition coefficient (Wildman–Crippen LogP) is 3.78. The van der Waals surface area contributed by atoms with E-state index in [1.165, 1.54) is 12.1 Å². The van der Waals surface area contributed by atoms with Gasteiger partial charge in [0.2, 0.25) is 0 Å². The van der Waals surface area contributed by atoms with E-state index >= 15 is 0 Å². The van der Waals surface area contributed by atoms with Gasteiger partial charge < -0.3 is 14.4 Å². The van der Waals surface area contributed by atoms with Crippen LogP contribution in [0.4, 0.5) is 5.82 Å². The molecule has 1 saturated heterocycles. The molecule has 1 amide bonds. The lowest BCUT2D eigenvalue weighted by Crippen LogP contribution is -2.36. The molecule has 2 aromatic rings. The number of halogens is 1. The summed E-state index contributed by atoms with van der Waals surface area (Å²) in [4.78, 5) is 26.2. The molecule has 2 aromatic heterocycles. The number of piperidine rings is 1. The van der Waals surface area contributed by atoms with E-state index in [2.05, 4.69) is 35.3 Å². The molecule has 1 fully saturated rings. The Hall–Kier alpha value is -2.08. The van der Waals surface area contributed by atoms with Gasteiger partial charge in [-0.3, -0.25) is 4.79 Å². The van der Waals surface area contributed by atoms with Crippen LogP contribution in [0.3, 0.4) is 0 Å². The first-order valence-corrected chi connectivity index (χ1v) is 10.6. The maximum absolute atomic E-state index is 12.7. The van der Waals surface area contributed by atoms with Gasteiger partial charge in [0.15, 0.2) is 0 Å². The number of anilines is 1. The number of aromatic nitrogens is 3. The highest BCUT2D eigenvalue weighted by molar-refractivity contribution is 6.33. The van der Waals surface area contributed by atoms with Gasteiger partial charge in [-0.15, -0.1) is 0 Å². The molecule has 0 aliphatic carbocycles. The van der Waals surface area contributed by atoms with E-state index in [-0.39, 0.29) is 5.91 Å². The number of imidazole rings is 1. The zero-order valence-electron chi connectivity index (χ0n) is 16.9. The molecule has 0 unspecified atom stereocenters. The molecule has 28 heavy (non-hydrogen) atoms. The third-order valence-corrected chi connectivity index (χ3v) is 6.10. The van der Waals surface area contributed by atoms with E-state index < -0.39 is 0 Å². The molecule has 0 aromatic carbocycles. The smallest absolute Gasteiger partial charge is 0.255 e. The van der Waals surface area contributed by atoms with E-state index in [1.807, 2.05) is 4.90 Å². The number of likely N-dealkylation sites (tertiary alicyclic amines) is 1. The van der Waals surface area contributed by atoms with Gasteiger partial charge in [0, 0.05) is 50.9 Å². The minimum absolute atomic E-state index is 0.0351. The van der Waals surface area contributed by atoms with Crippen molar-refractivity contribution in [2.75, 3.05) is 24.5 Å². The fraction of sp³-hybridized carbons (Fsp3) is 0.571. The van der Waals surface area contributed by atoms with Crippen molar-refractivity contribution >= 4 is 23.3 Å². The molecular weight excluding hydrogens is 374 g/mol. The molecule has 2 aliphatic heterocycles. The number of carbonyl (C=O) groups is 1. The predicted molar refractivity (Wildman–Crippen MR) is 111 cm³/mol. The fourth-order valence-electron chi connectivity index (χ4n) is 4.31. The number of rotatable bonds is 3. The minimum atomic E-state index is 0.0351. The van der Waals surface area contributed by atoms with Gasteiger partial charge >= 0.3 is 0 Å². The lowest BCUT2D eigenvalue weighted by molar-refractivity contribution is 0.0724. The summed E-state index contributed by atoms with van der Waals surface area (Å²) in [5, 5.41) is 0.534. The molecule has 0 saturated carbocycles. The Morgan fingerprint density at radius 1 is 1.18 bits per heavy atom. The number of pyridine rings is 1. The Bertz CT molecular complexity index is 885. The van der Waals surface area contributed by atoms with Crippen molar-refractivity contribution in [3.05, 3.63) is 40.1 Å². The minimum Gasteiger partial charge on any atom is -0.349 e. The van der Waals surface area contributed by atoms with E-state index in [4.69, 9.17) is 16.6 Å². The van der Waals surface area contributed by atoms with Crippen LogP contribution in [0.5, 0.6) is 0 Å². The Labute approximate surface area is 171 Å². The van der Waals surface area contributed by atoms with Crippen molar-refractivity contribution in [2.45, 2.75) is 52.0 Å². The van der Waals surface area contributed by atoms with Crippen LogP contribution in [0.15, 0.2) is 12.3 Å². The maximum atomic E-state index is 12.7. The van der Waals surface area contributed by atoms with Gasteiger partial charge in [0.1, 0.15) is 11.6 Å². The third kappa shape index (κ3) is 3.50. The zero-order valence-corrected chi connectivity index (χ0v) is 17.7. The van der Waals surface area contributed by atoms with Crippen LogP contribution < -0.4 is 4.90 Å². The Morgan fingerprint density at radius 3 is 2.61 bits per heavy atom. The van der Waals surface area contributed by atoms with Crippen molar-refractivity contribution in [2.24, 2.45) is 7.05 Å². The average Bonchev–Trinajstić information content (AvgIpc) is 3.04. The van der Waals surface area contributed by atoms with Crippen LogP contribution in [0.2, 0.25) is 5.02 Å².